The van der Waals surface area contributed by atoms with Gasteiger partial charge in [0.15, 0.2) is 5.78 Å². The monoisotopic (exact) mass is 254 g/mol. The highest BCUT2D eigenvalue weighted by atomic mass is 16.1. The van der Waals surface area contributed by atoms with Gasteiger partial charge in [0, 0.05) is 23.6 Å². The Kier molecular flexibility index (Phi) is 3.56. The van der Waals surface area contributed by atoms with Crippen LogP contribution in [0.4, 0.5) is 0 Å². The lowest BCUT2D eigenvalue weighted by molar-refractivity contribution is 0.0955. The van der Waals surface area contributed by atoms with Gasteiger partial charge in [-0.1, -0.05) is 18.2 Å². The van der Waals surface area contributed by atoms with Crippen LogP contribution >= 0.6 is 0 Å². The third-order valence-corrected chi connectivity index (χ3v) is 3.82. The van der Waals surface area contributed by atoms with Crippen LogP contribution in [0, 0.1) is 5.92 Å². The lowest BCUT2D eigenvalue weighted by atomic mass is 9.91. The van der Waals surface area contributed by atoms with Crippen molar-refractivity contribution in [3.05, 3.63) is 42.1 Å². The normalized spacial score (nSPS) is 19.5. The summed E-state index contributed by atoms with van der Waals surface area (Å²) in [7, 11) is 0. The summed E-state index contributed by atoms with van der Waals surface area (Å²) in [5.74, 6) is 0.723. The number of ketones is 1. The van der Waals surface area contributed by atoms with Gasteiger partial charge in [-0.15, -0.1) is 0 Å². The lowest BCUT2D eigenvalue weighted by Crippen LogP contribution is -2.31. The predicted octanol–water partition coefficient (Wildman–Crippen LogP) is 2.81. The summed E-state index contributed by atoms with van der Waals surface area (Å²) in [5.41, 5.74) is 1.71. The maximum atomic E-state index is 12.5. The fraction of sp³-hybridized carbons (Fsp3) is 0.375. The summed E-state index contributed by atoms with van der Waals surface area (Å²) in [6.07, 6.45) is 4.74. The number of fused-ring (bicyclic) bond motifs is 1. The van der Waals surface area contributed by atoms with Gasteiger partial charge in [0.05, 0.1) is 5.52 Å². The Hall–Kier alpha value is -1.74. The fourth-order valence-corrected chi connectivity index (χ4v) is 2.82. The zero-order chi connectivity index (χ0) is 13.1. The first-order valence-corrected chi connectivity index (χ1v) is 6.92. The molecule has 98 valence electrons. The lowest BCUT2D eigenvalue weighted by Gasteiger charge is -2.22. The van der Waals surface area contributed by atoms with Crippen LogP contribution in [-0.4, -0.2) is 23.9 Å². The van der Waals surface area contributed by atoms with Crippen molar-refractivity contribution < 1.29 is 4.79 Å². The molecular weight excluding hydrogens is 236 g/mol. The smallest absolute Gasteiger partial charge is 0.163 e. The first kappa shape index (κ1) is 12.3. The molecule has 1 aromatic heterocycles. The number of rotatable bonds is 3. The van der Waals surface area contributed by atoms with Crippen LogP contribution in [0.1, 0.15) is 29.6 Å². The van der Waals surface area contributed by atoms with Crippen LogP contribution in [0.25, 0.3) is 10.9 Å². The molecule has 3 nitrogen and oxygen atoms in total. The number of carbonyl (C=O) groups excluding carboxylic acids is 1. The molecule has 3 heteroatoms. The SMILES string of the molecule is O=C(CC1CCCNC1)c1cccc2ncccc12. The molecule has 1 fully saturated rings. The van der Waals surface area contributed by atoms with Crippen molar-refractivity contribution in [2.45, 2.75) is 19.3 Å². The van der Waals surface area contributed by atoms with Crippen molar-refractivity contribution in [1.82, 2.24) is 10.3 Å². The molecule has 1 saturated heterocycles. The minimum atomic E-state index is 0.243. The Bertz CT molecular complexity index is 583. The number of nitrogens with zero attached hydrogens (tertiary/aromatic N) is 1. The Morgan fingerprint density at radius 3 is 3.11 bits per heavy atom. The molecule has 0 spiro atoms. The molecule has 1 N–H and O–H groups in total. The van der Waals surface area contributed by atoms with E-state index in [2.05, 4.69) is 10.3 Å². The second-order valence-corrected chi connectivity index (χ2v) is 5.22. The maximum absolute atomic E-state index is 12.5. The predicted molar refractivity (Wildman–Crippen MR) is 76.3 cm³/mol. The summed E-state index contributed by atoms with van der Waals surface area (Å²) < 4.78 is 0. The van der Waals surface area contributed by atoms with Crippen LogP contribution in [0.2, 0.25) is 0 Å². The van der Waals surface area contributed by atoms with Crippen molar-refractivity contribution in [2.75, 3.05) is 13.1 Å². The van der Waals surface area contributed by atoms with E-state index >= 15 is 0 Å². The van der Waals surface area contributed by atoms with Gasteiger partial charge in [0.2, 0.25) is 0 Å². The number of hydrogen-bond acceptors (Lipinski definition) is 3. The van der Waals surface area contributed by atoms with E-state index < -0.39 is 0 Å². The molecule has 2 aromatic rings. The molecule has 0 bridgehead atoms. The van der Waals surface area contributed by atoms with Crippen LogP contribution < -0.4 is 5.32 Å². The van der Waals surface area contributed by atoms with Crippen molar-refractivity contribution >= 4 is 16.7 Å². The number of Topliss-reactive ketones (excluding diaryl/α,β-unsaturated/α-hetero) is 1. The molecule has 19 heavy (non-hydrogen) atoms. The zero-order valence-corrected chi connectivity index (χ0v) is 10.9. The zero-order valence-electron chi connectivity index (χ0n) is 10.9. The summed E-state index contributed by atoms with van der Waals surface area (Å²) in [5, 5.41) is 4.34. The second-order valence-electron chi connectivity index (χ2n) is 5.22. The summed E-state index contributed by atoms with van der Waals surface area (Å²) >= 11 is 0. The Balaban J connectivity index is 1.85. The average Bonchev–Trinajstić information content (AvgIpc) is 2.47. The highest BCUT2D eigenvalue weighted by Gasteiger charge is 2.18. The highest BCUT2D eigenvalue weighted by Crippen LogP contribution is 2.22. The van der Waals surface area contributed by atoms with E-state index in [1.54, 1.807) is 6.20 Å². The molecule has 0 aliphatic carbocycles. The van der Waals surface area contributed by atoms with E-state index in [0.717, 1.165) is 36.0 Å². The summed E-state index contributed by atoms with van der Waals surface area (Å²) in [4.78, 5) is 16.8. The Morgan fingerprint density at radius 2 is 2.26 bits per heavy atom. The molecule has 1 aromatic carbocycles. The van der Waals surface area contributed by atoms with Gasteiger partial charge in [-0.2, -0.15) is 0 Å². The minimum Gasteiger partial charge on any atom is -0.316 e. The number of piperidine rings is 1. The molecule has 1 unspecified atom stereocenters. The number of carbonyl (C=O) groups is 1. The van der Waals surface area contributed by atoms with Gasteiger partial charge in [0.25, 0.3) is 0 Å². The van der Waals surface area contributed by atoms with Gasteiger partial charge < -0.3 is 5.32 Å². The van der Waals surface area contributed by atoms with Gasteiger partial charge in [-0.05, 0) is 44.0 Å². The molecule has 1 aliphatic heterocycles. The topological polar surface area (TPSA) is 42.0 Å². The number of nitrogens with one attached hydrogen (secondary N) is 1. The van der Waals surface area contributed by atoms with E-state index in [-0.39, 0.29) is 5.78 Å². The van der Waals surface area contributed by atoms with Crippen molar-refractivity contribution in [3.8, 4) is 0 Å². The maximum Gasteiger partial charge on any atom is 0.163 e. The molecule has 0 amide bonds. The van der Waals surface area contributed by atoms with Gasteiger partial charge >= 0.3 is 0 Å². The third-order valence-electron chi connectivity index (χ3n) is 3.82. The summed E-state index contributed by atoms with van der Waals surface area (Å²) in [6, 6.07) is 9.66. The molecule has 0 saturated carbocycles. The van der Waals surface area contributed by atoms with E-state index in [9.17, 15) is 4.79 Å². The Labute approximate surface area is 113 Å². The van der Waals surface area contributed by atoms with Crippen molar-refractivity contribution in [1.29, 1.82) is 0 Å². The molecule has 2 heterocycles. The van der Waals surface area contributed by atoms with Crippen LogP contribution in [-0.2, 0) is 0 Å². The van der Waals surface area contributed by atoms with Gasteiger partial charge in [-0.3, -0.25) is 9.78 Å². The van der Waals surface area contributed by atoms with E-state index in [0.29, 0.717) is 12.3 Å². The summed E-state index contributed by atoms with van der Waals surface area (Å²) in [6.45, 7) is 2.05. The van der Waals surface area contributed by atoms with Gasteiger partial charge in [0.1, 0.15) is 0 Å². The van der Waals surface area contributed by atoms with E-state index in [1.807, 2.05) is 30.3 Å². The molecule has 1 atom stereocenters. The molecule has 3 rings (SSSR count). The number of pyridine rings is 1. The fourth-order valence-electron chi connectivity index (χ4n) is 2.82. The molecule has 1 aliphatic rings. The van der Waals surface area contributed by atoms with Crippen molar-refractivity contribution in [3.63, 3.8) is 0 Å². The average molecular weight is 254 g/mol. The largest absolute Gasteiger partial charge is 0.316 e. The van der Waals surface area contributed by atoms with Crippen molar-refractivity contribution in [2.24, 2.45) is 5.92 Å². The van der Waals surface area contributed by atoms with Crippen LogP contribution in [0.3, 0.4) is 0 Å². The highest BCUT2D eigenvalue weighted by molar-refractivity contribution is 6.07. The number of benzene rings is 1. The Morgan fingerprint density at radius 1 is 1.32 bits per heavy atom. The van der Waals surface area contributed by atoms with E-state index in [4.69, 9.17) is 0 Å². The first-order chi connectivity index (χ1) is 9.34. The number of hydrogen-bond donors (Lipinski definition) is 1. The molecule has 0 radical (unpaired) electrons. The van der Waals surface area contributed by atoms with Crippen LogP contribution in [0.5, 0.6) is 0 Å². The third kappa shape index (κ3) is 2.66. The second kappa shape index (κ2) is 5.49. The van der Waals surface area contributed by atoms with E-state index in [1.165, 1.54) is 6.42 Å². The first-order valence-electron chi connectivity index (χ1n) is 6.92. The van der Waals surface area contributed by atoms with Crippen LogP contribution in [0.15, 0.2) is 36.5 Å². The van der Waals surface area contributed by atoms with Gasteiger partial charge in [-0.25, -0.2) is 0 Å². The number of aromatic nitrogens is 1. The quantitative estimate of drug-likeness (QED) is 0.856. The standard InChI is InChI=1S/C16H18N2O/c19-16(10-12-4-2-8-17-11-12)14-5-1-7-15-13(14)6-3-9-18-15/h1,3,5-7,9,12,17H,2,4,8,10-11H2. The molecular formula is C16H18N2O. The minimum absolute atomic E-state index is 0.243.